The van der Waals surface area contributed by atoms with Gasteiger partial charge in [-0.15, -0.1) is 0 Å². The predicted molar refractivity (Wildman–Crippen MR) is 85.5 cm³/mol. The van der Waals surface area contributed by atoms with Crippen LogP contribution >= 0.6 is 0 Å². The van der Waals surface area contributed by atoms with Crippen molar-refractivity contribution in [3.8, 4) is 11.5 Å². The lowest BCUT2D eigenvalue weighted by Gasteiger charge is -2.18. The Morgan fingerprint density at radius 3 is 2.09 bits per heavy atom. The second kappa shape index (κ2) is 6.40. The zero-order valence-corrected chi connectivity index (χ0v) is 14.0. The summed E-state index contributed by atoms with van der Waals surface area (Å²) in [5.41, 5.74) is 0.659. The SMILES string of the molecule is COc1cc(OC)c(C(C)C)c(S(=O)(=O)c2ccccc2)c1. The molecule has 0 spiro atoms. The van der Waals surface area contributed by atoms with Crippen LogP contribution < -0.4 is 9.47 Å². The van der Waals surface area contributed by atoms with E-state index < -0.39 is 9.84 Å². The molecule has 0 amide bonds. The van der Waals surface area contributed by atoms with Gasteiger partial charge in [0.1, 0.15) is 11.5 Å². The van der Waals surface area contributed by atoms with Gasteiger partial charge in [0.2, 0.25) is 9.84 Å². The number of hydrogen-bond donors (Lipinski definition) is 0. The molecule has 0 saturated carbocycles. The summed E-state index contributed by atoms with van der Waals surface area (Å²) in [5, 5.41) is 0. The molecule has 0 unspecified atom stereocenters. The third-order valence-corrected chi connectivity index (χ3v) is 5.26. The monoisotopic (exact) mass is 320 g/mol. The van der Waals surface area contributed by atoms with Crippen molar-refractivity contribution in [3.63, 3.8) is 0 Å². The van der Waals surface area contributed by atoms with Crippen LogP contribution in [0.5, 0.6) is 11.5 Å². The molecule has 0 aromatic heterocycles. The third-order valence-electron chi connectivity index (χ3n) is 3.45. The van der Waals surface area contributed by atoms with Crippen LogP contribution in [-0.2, 0) is 9.84 Å². The molecule has 2 aromatic carbocycles. The van der Waals surface area contributed by atoms with Crippen molar-refractivity contribution in [3.05, 3.63) is 48.0 Å². The average Bonchev–Trinajstić information content (AvgIpc) is 2.54. The van der Waals surface area contributed by atoms with Gasteiger partial charge in [0.15, 0.2) is 0 Å². The number of methoxy groups -OCH3 is 2. The largest absolute Gasteiger partial charge is 0.497 e. The highest BCUT2D eigenvalue weighted by Crippen LogP contribution is 2.38. The lowest BCUT2D eigenvalue weighted by molar-refractivity contribution is 0.386. The molecule has 0 saturated heterocycles. The topological polar surface area (TPSA) is 52.6 Å². The number of hydrogen-bond acceptors (Lipinski definition) is 4. The minimum Gasteiger partial charge on any atom is -0.497 e. The highest BCUT2D eigenvalue weighted by molar-refractivity contribution is 7.91. The molecule has 0 aliphatic rings. The zero-order chi connectivity index (χ0) is 16.3. The molecule has 0 heterocycles. The summed E-state index contributed by atoms with van der Waals surface area (Å²) in [5.74, 6) is 0.967. The first-order chi connectivity index (χ1) is 10.4. The number of ether oxygens (including phenoxy) is 2. The Morgan fingerprint density at radius 2 is 1.59 bits per heavy atom. The lowest BCUT2D eigenvalue weighted by Crippen LogP contribution is -2.09. The minimum atomic E-state index is -3.64. The fourth-order valence-corrected chi connectivity index (χ4v) is 4.05. The molecule has 0 radical (unpaired) electrons. The molecule has 0 fully saturated rings. The number of sulfone groups is 1. The van der Waals surface area contributed by atoms with Gasteiger partial charge < -0.3 is 9.47 Å². The van der Waals surface area contributed by atoms with Crippen molar-refractivity contribution in [1.82, 2.24) is 0 Å². The molecule has 0 N–H and O–H groups in total. The Labute approximate surface area is 131 Å². The summed E-state index contributed by atoms with van der Waals surface area (Å²) in [7, 11) is -0.610. The second-order valence-corrected chi connectivity index (χ2v) is 7.13. The summed E-state index contributed by atoms with van der Waals surface area (Å²) in [6.07, 6.45) is 0. The first-order valence-electron chi connectivity index (χ1n) is 6.98. The molecule has 0 bridgehead atoms. The van der Waals surface area contributed by atoms with Crippen LogP contribution in [0.25, 0.3) is 0 Å². The Balaban J connectivity index is 2.78. The van der Waals surface area contributed by atoms with Gasteiger partial charge in [0.25, 0.3) is 0 Å². The molecule has 4 nitrogen and oxygen atoms in total. The summed E-state index contributed by atoms with van der Waals surface area (Å²) in [6, 6.07) is 11.6. The Kier molecular flexibility index (Phi) is 4.76. The Bertz CT molecular complexity index is 750. The number of rotatable bonds is 5. The molecule has 2 rings (SSSR count). The minimum absolute atomic E-state index is 0.00524. The molecule has 22 heavy (non-hydrogen) atoms. The zero-order valence-electron chi connectivity index (χ0n) is 13.2. The van der Waals surface area contributed by atoms with E-state index in [4.69, 9.17) is 9.47 Å². The van der Waals surface area contributed by atoms with E-state index in [1.807, 2.05) is 13.8 Å². The standard InChI is InChI=1S/C17H20O4S/c1-12(2)17-15(21-4)10-13(20-3)11-16(17)22(18,19)14-8-6-5-7-9-14/h5-12H,1-4H3. The smallest absolute Gasteiger partial charge is 0.207 e. The van der Waals surface area contributed by atoms with Crippen LogP contribution in [0.15, 0.2) is 52.3 Å². The molecule has 118 valence electrons. The van der Waals surface area contributed by atoms with E-state index in [0.29, 0.717) is 17.1 Å². The Hall–Kier alpha value is -2.01. The van der Waals surface area contributed by atoms with Gasteiger partial charge in [-0.05, 0) is 24.1 Å². The number of benzene rings is 2. The van der Waals surface area contributed by atoms with Crippen molar-refractivity contribution in [2.75, 3.05) is 14.2 Å². The van der Waals surface area contributed by atoms with Gasteiger partial charge in [0, 0.05) is 11.6 Å². The van der Waals surface area contributed by atoms with Crippen LogP contribution in [0.2, 0.25) is 0 Å². The van der Waals surface area contributed by atoms with Crippen molar-refractivity contribution < 1.29 is 17.9 Å². The highest BCUT2D eigenvalue weighted by atomic mass is 32.2. The molecular weight excluding hydrogens is 300 g/mol. The molecule has 2 aromatic rings. The third kappa shape index (κ3) is 2.95. The maximum Gasteiger partial charge on any atom is 0.207 e. The summed E-state index contributed by atoms with van der Waals surface area (Å²) in [6.45, 7) is 3.88. The van der Waals surface area contributed by atoms with Crippen molar-refractivity contribution in [1.29, 1.82) is 0 Å². The first-order valence-corrected chi connectivity index (χ1v) is 8.46. The molecule has 5 heteroatoms. The molecule has 0 aliphatic heterocycles. The van der Waals surface area contributed by atoms with Crippen LogP contribution in [0.3, 0.4) is 0 Å². The Morgan fingerprint density at radius 1 is 0.955 bits per heavy atom. The van der Waals surface area contributed by atoms with E-state index >= 15 is 0 Å². The van der Waals surface area contributed by atoms with Crippen molar-refractivity contribution in [2.24, 2.45) is 0 Å². The van der Waals surface area contributed by atoms with Crippen molar-refractivity contribution in [2.45, 2.75) is 29.6 Å². The van der Waals surface area contributed by atoms with Gasteiger partial charge >= 0.3 is 0 Å². The van der Waals surface area contributed by atoms with E-state index in [9.17, 15) is 8.42 Å². The summed E-state index contributed by atoms with van der Waals surface area (Å²) in [4.78, 5) is 0.483. The molecule has 0 aliphatic carbocycles. The fraction of sp³-hybridized carbons (Fsp3) is 0.294. The highest BCUT2D eigenvalue weighted by Gasteiger charge is 2.26. The lowest BCUT2D eigenvalue weighted by atomic mass is 10.0. The maximum absolute atomic E-state index is 13.0. The fourth-order valence-electron chi connectivity index (χ4n) is 2.38. The quantitative estimate of drug-likeness (QED) is 0.843. The van der Waals surface area contributed by atoms with Gasteiger partial charge in [-0.1, -0.05) is 32.0 Å². The van der Waals surface area contributed by atoms with E-state index in [1.54, 1.807) is 42.5 Å². The van der Waals surface area contributed by atoms with E-state index in [1.165, 1.54) is 14.2 Å². The van der Waals surface area contributed by atoms with Crippen LogP contribution in [0, 0.1) is 0 Å². The molecule has 0 atom stereocenters. The molecular formula is C17H20O4S. The van der Waals surface area contributed by atoms with Gasteiger partial charge in [-0.3, -0.25) is 0 Å². The second-order valence-electron chi connectivity index (χ2n) is 5.21. The van der Waals surface area contributed by atoms with E-state index in [0.717, 1.165) is 0 Å². The van der Waals surface area contributed by atoms with E-state index in [2.05, 4.69) is 0 Å². The first kappa shape index (κ1) is 16.4. The predicted octanol–water partition coefficient (Wildman–Crippen LogP) is 3.66. The van der Waals surface area contributed by atoms with Gasteiger partial charge in [0.05, 0.1) is 24.0 Å². The van der Waals surface area contributed by atoms with E-state index in [-0.39, 0.29) is 15.7 Å². The van der Waals surface area contributed by atoms with Crippen LogP contribution in [-0.4, -0.2) is 22.6 Å². The normalized spacial score (nSPS) is 11.5. The van der Waals surface area contributed by atoms with Crippen LogP contribution in [0.1, 0.15) is 25.3 Å². The summed E-state index contributed by atoms with van der Waals surface area (Å²) < 4.78 is 36.6. The summed E-state index contributed by atoms with van der Waals surface area (Å²) >= 11 is 0. The maximum atomic E-state index is 13.0. The average molecular weight is 320 g/mol. The van der Waals surface area contributed by atoms with Gasteiger partial charge in [-0.2, -0.15) is 0 Å². The van der Waals surface area contributed by atoms with Crippen molar-refractivity contribution >= 4 is 9.84 Å². The van der Waals surface area contributed by atoms with Gasteiger partial charge in [-0.25, -0.2) is 8.42 Å². The van der Waals surface area contributed by atoms with Crippen LogP contribution in [0.4, 0.5) is 0 Å².